The monoisotopic (exact) mass is 214 g/mol. The number of nitrogens with one attached hydrogen (secondary N) is 1. The third kappa shape index (κ3) is 2.07. The van der Waals surface area contributed by atoms with Gasteiger partial charge in [-0.15, -0.1) is 0 Å². The molecule has 0 radical (unpaired) electrons. The van der Waals surface area contributed by atoms with Crippen LogP contribution in [0.4, 0.5) is 0 Å². The van der Waals surface area contributed by atoms with Crippen molar-refractivity contribution in [2.24, 2.45) is 0 Å². The zero-order valence-electron chi connectivity index (χ0n) is 9.90. The zero-order chi connectivity index (χ0) is 11.4. The van der Waals surface area contributed by atoms with Crippen molar-refractivity contribution in [3.63, 3.8) is 0 Å². The second kappa shape index (κ2) is 5.08. The predicted molar refractivity (Wildman–Crippen MR) is 68.7 cm³/mol. The van der Waals surface area contributed by atoms with E-state index in [1.165, 1.54) is 10.9 Å². The van der Waals surface area contributed by atoms with Crippen LogP contribution in [0.25, 0.3) is 10.9 Å². The van der Waals surface area contributed by atoms with Gasteiger partial charge < -0.3 is 5.32 Å². The molecule has 0 aliphatic rings. The first-order chi connectivity index (χ1) is 7.86. The molecular formula is C14H18N2. The minimum Gasteiger partial charge on any atom is -0.319 e. The third-order valence-electron chi connectivity index (χ3n) is 3.07. The van der Waals surface area contributed by atoms with Gasteiger partial charge in [0, 0.05) is 18.1 Å². The summed E-state index contributed by atoms with van der Waals surface area (Å²) < 4.78 is 0. The molecule has 1 heterocycles. The Labute approximate surface area is 96.7 Å². The van der Waals surface area contributed by atoms with E-state index in [0.29, 0.717) is 5.92 Å². The SMILES string of the molecule is CCC(CNC)c1ccnc2ccccc12. The van der Waals surface area contributed by atoms with Gasteiger partial charge in [0.1, 0.15) is 0 Å². The first-order valence-electron chi connectivity index (χ1n) is 5.85. The summed E-state index contributed by atoms with van der Waals surface area (Å²) in [6.07, 6.45) is 3.06. The van der Waals surface area contributed by atoms with Gasteiger partial charge in [-0.2, -0.15) is 0 Å². The summed E-state index contributed by atoms with van der Waals surface area (Å²) in [5.41, 5.74) is 2.50. The van der Waals surface area contributed by atoms with Crippen LogP contribution in [-0.4, -0.2) is 18.6 Å². The van der Waals surface area contributed by atoms with Gasteiger partial charge in [-0.05, 0) is 37.1 Å². The van der Waals surface area contributed by atoms with Crippen LogP contribution >= 0.6 is 0 Å². The number of nitrogens with zero attached hydrogens (tertiary/aromatic N) is 1. The lowest BCUT2D eigenvalue weighted by atomic mass is 9.93. The summed E-state index contributed by atoms with van der Waals surface area (Å²) in [6.45, 7) is 3.25. The first kappa shape index (κ1) is 11.1. The van der Waals surface area contributed by atoms with E-state index in [1.54, 1.807) is 0 Å². The molecule has 2 nitrogen and oxygen atoms in total. The zero-order valence-corrected chi connectivity index (χ0v) is 9.90. The van der Waals surface area contributed by atoms with Crippen LogP contribution < -0.4 is 5.32 Å². The molecule has 1 aromatic carbocycles. The van der Waals surface area contributed by atoms with E-state index < -0.39 is 0 Å². The Morgan fingerprint density at radius 1 is 1.25 bits per heavy atom. The van der Waals surface area contributed by atoms with Crippen molar-refractivity contribution in [3.8, 4) is 0 Å². The van der Waals surface area contributed by atoms with Gasteiger partial charge >= 0.3 is 0 Å². The van der Waals surface area contributed by atoms with Crippen molar-refractivity contribution in [3.05, 3.63) is 42.1 Å². The average molecular weight is 214 g/mol. The van der Waals surface area contributed by atoms with E-state index in [4.69, 9.17) is 0 Å². The molecule has 1 N–H and O–H groups in total. The second-order valence-corrected chi connectivity index (χ2v) is 4.08. The Kier molecular flexibility index (Phi) is 3.52. The van der Waals surface area contributed by atoms with Gasteiger partial charge in [0.05, 0.1) is 5.52 Å². The number of rotatable bonds is 4. The molecule has 1 atom stereocenters. The van der Waals surface area contributed by atoms with Crippen LogP contribution in [0, 0.1) is 0 Å². The van der Waals surface area contributed by atoms with Gasteiger partial charge in [-0.3, -0.25) is 4.98 Å². The lowest BCUT2D eigenvalue weighted by Crippen LogP contribution is -2.16. The predicted octanol–water partition coefficient (Wildman–Crippen LogP) is 2.95. The number of aromatic nitrogens is 1. The van der Waals surface area contributed by atoms with Crippen LogP contribution in [0.1, 0.15) is 24.8 Å². The molecule has 0 saturated heterocycles. The summed E-state index contributed by atoms with van der Waals surface area (Å²) in [7, 11) is 2.01. The van der Waals surface area contributed by atoms with E-state index >= 15 is 0 Å². The highest BCUT2D eigenvalue weighted by molar-refractivity contribution is 5.82. The molecule has 0 saturated carbocycles. The fourth-order valence-corrected chi connectivity index (χ4v) is 2.19. The number of likely N-dealkylation sites (N-methyl/N-ethyl adjacent to an activating group) is 1. The Morgan fingerprint density at radius 2 is 2.06 bits per heavy atom. The van der Waals surface area contributed by atoms with E-state index in [2.05, 4.69) is 41.5 Å². The van der Waals surface area contributed by atoms with Crippen LogP contribution in [0.3, 0.4) is 0 Å². The van der Waals surface area contributed by atoms with Crippen molar-refractivity contribution in [2.75, 3.05) is 13.6 Å². The lowest BCUT2D eigenvalue weighted by Gasteiger charge is -2.16. The molecule has 2 aromatic rings. The summed E-state index contributed by atoms with van der Waals surface area (Å²) in [4.78, 5) is 4.40. The van der Waals surface area contributed by atoms with E-state index in [1.807, 2.05) is 19.3 Å². The topological polar surface area (TPSA) is 24.9 Å². The molecule has 1 aromatic heterocycles. The Bertz CT molecular complexity index is 460. The minimum atomic E-state index is 0.567. The fourth-order valence-electron chi connectivity index (χ4n) is 2.19. The highest BCUT2D eigenvalue weighted by Crippen LogP contribution is 2.25. The van der Waals surface area contributed by atoms with Gasteiger partial charge in [-0.25, -0.2) is 0 Å². The number of fused-ring (bicyclic) bond motifs is 1. The molecule has 0 bridgehead atoms. The molecule has 1 unspecified atom stereocenters. The highest BCUT2D eigenvalue weighted by atomic mass is 14.8. The molecule has 0 aliphatic heterocycles. The van der Waals surface area contributed by atoms with Crippen LogP contribution in [0.2, 0.25) is 0 Å². The molecule has 84 valence electrons. The maximum atomic E-state index is 4.40. The molecule has 0 aliphatic carbocycles. The summed E-state index contributed by atoms with van der Waals surface area (Å²) in [6, 6.07) is 10.5. The van der Waals surface area contributed by atoms with Crippen LogP contribution in [0.5, 0.6) is 0 Å². The summed E-state index contributed by atoms with van der Waals surface area (Å²) >= 11 is 0. The Hall–Kier alpha value is -1.41. The Morgan fingerprint density at radius 3 is 2.81 bits per heavy atom. The normalized spacial score (nSPS) is 12.9. The molecule has 0 fully saturated rings. The number of pyridine rings is 1. The molecule has 2 rings (SSSR count). The Balaban J connectivity index is 2.50. The number of para-hydroxylation sites is 1. The van der Waals surface area contributed by atoms with E-state index in [9.17, 15) is 0 Å². The average Bonchev–Trinajstić information content (AvgIpc) is 2.35. The smallest absolute Gasteiger partial charge is 0.0704 e. The number of hydrogen-bond donors (Lipinski definition) is 1. The minimum absolute atomic E-state index is 0.567. The van der Waals surface area contributed by atoms with Crippen molar-refractivity contribution in [1.29, 1.82) is 0 Å². The number of hydrogen-bond acceptors (Lipinski definition) is 2. The largest absolute Gasteiger partial charge is 0.319 e. The van der Waals surface area contributed by atoms with Gasteiger partial charge in [-0.1, -0.05) is 25.1 Å². The van der Waals surface area contributed by atoms with Crippen molar-refractivity contribution < 1.29 is 0 Å². The first-order valence-corrected chi connectivity index (χ1v) is 5.85. The molecular weight excluding hydrogens is 196 g/mol. The molecule has 16 heavy (non-hydrogen) atoms. The van der Waals surface area contributed by atoms with Crippen LogP contribution in [-0.2, 0) is 0 Å². The summed E-state index contributed by atoms with van der Waals surface area (Å²) in [5.74, 6) is 0.567. The van der Waals surface area contributed by atoms with Gasteiger partial charge in [0.15, 0.2) is 0 Å². The summed E-state index contributed by atoms with van der Waals surface area (Å²) in [5, 5.41) is 4.55. The maximum absolute atomic E-state index is 4.40. The van der Waals surface area contributed by atoms with E-state index in [-0.39, 0.29) is 0 Å². The fraction of sp³-hybridized carbons (Fsp3) is 0.357. The van der Waals surface area contributed by atoms with Gasteiger partial charge in [0.2, 0.25) is 0 Å². The standard InChI is InChI=1S/C14H18N2/c1-3-11(10-15-2)12-8-9-16-14-7-5-4-6-13(12)14/h4-9,11,15H,3,10H2,1-2H3. The van der Waals surface area contributed by atoms with Crippen molar-refractivity contribution in [1.82, 2.24) is 10.3 Å². The molecule has 0 spiro atoms. The number of benzene rings is 1. The maximum Gasteiger partial charge on any atom is 0.0704 e. The van der Waals surface area contributed by atoms with Crippen molar-refractivity contribution >= 4 is 10.9 Å². The molecule has 0 amide bonds. The third-order valence-corrected chi connectivity index (χ3v) is 3.07. The second-order valence-electron chi connectivity index (χ2n) is 4.08. The van der Waals surface area contributed by atoms with E-state index in [0.717, 1.165) is 18.5 Å². The van der Waals surface area contributed by atoms with Crippen molar-refractivity contribution in [2.45, 2.75) is 19.3 Å². The quantitative estimate of drug-likeness (QED) is 0.846. The molecule has 2 heteroatoms. The highest BCUT2D eigenvalue weighted by Gasteiger charge is 2.11. The van der Waals surface area contributed by atoms with Gasteiger partial charge in [0.25, 0.3) is 0 Å². The van der Waals surface area contributed by atoms with Crippen LogP contribution in [0.15, 0.2) is 36.5 Å². The lowest BCUT2D eigenvalue weighted by molar-refractivity contribution is 0.615.